The van der Waals surface area contributed by atoms with Crippen molar-refractivity contribution in [1.29, 1.82) is 0 Å². The normalized spacial score (nSPS) is 17.0. The Morgan fingerprint density at radius 2 is 1.97 bits per heavy atom. The maximum atomic E-state index is 13.0. The van der Waals surface area contributed by atoms with Gasteiger partial charge in [-0.25, -0.2) is 0 Å². The molecule has 4 rings (SSSR count). The number of nitrogens with zero attached hydrogens (tertiary/aromatic N) is 1. The number of amides is 3. The summed E-state index contributed by atoms with van der Waals surface area (Å²) in [5.41, 5.74) is 0.201. The van der Waals surface area contributed by atoms with Crippen LogP contribution >= 0.6 is 11.6 Å². The summed E-state index contributed by atoms with van der Waals surface area (Å²) in [6.07, 6.45) is 1.95. The summed E-state index contributed by atoms with van der Waals surface area (Å²) in [6.45, 7) is 3.07. The molecule has 0 saturated heterocycles. The molecule has 0 bridgehead atoms. The van der Waals surface area contributed by atoms with Gasteiger partial charge < -0.3 is 15.4 Å². The van der Waals surface area contributed by atoms with Crippen molar-refractivity contribution in [2.45, 2.75) is 38.3 Å². The minimum atomic E-state index is -1.14. The molecule has 2 aliphatic rings. The number of fused-ring (bicyclic) bond motifs is 1. The molecule has 7 nitrogen and oxygen atoms in total. The smallest absolute Gasteiger partial charge is 0.271 e. The van der Waals surface area contributed by atoms with Gasteiger partial charge in [-0.2, -0.15) is 0 Å². The van der Waals surface area contributed by atoms with Crippen molar-refractivity contribution < 1.29 is 19.1 Å². The molecule has 2 aromatic carbocycles. The molecule has 3 amide bonds. The first-order valence-electron chi connectivity index (χ1n) is 9.74. The van der Waals surface area contributed by atoms with Crippen LogP contribution in [0.1, 0.15) is 37.0 Å². The van der Waals surface area contributed by atoms with Gasteiger partial charge in [-0.3, -0.25) is 19.3 Å². The molecule has 2 aromatic rings. The molecule has 1 fully saturated rings. The van der Waals surface area contributed by atoms with Crippen LogP contribution < -0.4 is 20.3 Å². The van der Waals surface area contributed by atoms with E-state index in [1.54, 1.807) is 56.3 Å². The molecule has 1 heterocycles. The van der Waals surface area contributed by atoms with E-state index < -0.39 is 5.60 Å². The highest BCUT2D eigenvalue weighted by Crippen LogP contribution is 2.38. The Kier molecular flexibility index (Phi) is 5.15. The molecule has 1 saturated carbocycles. The van der Waals surface area contributed by atoms with E-state index in [1.807, 2.05) is 0 Å². The third kappa shape index (κ3) is 4.26. The maximum absolute atomic E-state index is 13.0. The molecular weight excluding hydrogens is 406 g/mol. The lowest BCUT2D eigenvalue weighted by Gasteiger charge is -2.38. The molecular formula is C22H22ClN3O4. The SMILES string of the molecule is CC1(C)Oc2ccc(C(=O)NC3CC3)cc2N(CC(=O)Nc2cccc(Cl)c2)C1=O. The molecule has 1 aliphatic heterocycles. The molecule has 156 valence electrons. The van der Waals surface area contributed by atoms with E-state index in [1.165, 1.54) is 4.90 Å². The Bertz CT molecular complexity index is 1030. The van der Waals surface area contributed by atoms with Gasteiger partial charge in [0, 0.05) is 22.3 Å². The van der Waals surface area contributed by atoms with Gasteiger partial charge in [0.05, 0.1) is 5.69 Å². The first kappa shape index (κ1) is 20.2. The van der Waals surface area contributed by atoms with Gasteiger partial charge in [0.2, 0.25) is 5.91 Å². The summed E-state index contributed by atoms with van der Waals surface area (Å²) in [5.74, 6) is -0.517. The fourth-order valence-electron chi connectivity index (χ4n) is 3.27. The number of carbonyl (C=O) groups is 3. The summed E-state index contributed by atoms with van der Waals surface area (Å²) in [7, 11) is 0. The van der Waals surface area contributed by atoms with Gasteiger partial charge in [-0.05, 0) is 63.1 Å². The minimum absolute atomic E-state index is 0.207. The predicted octanol–water partition coefficient (Wildman–Crippen LogP) is 3.37. The quantitative estimate of drug-likeness (QED) is 0.765. The van der Waals surface area contributed by atoms with Crippen LogP contribution in [0.25, 0.3) is 0 Å². The number of nitrogens with one attached hydrogen (secondary N) is 2. The number of benzene rings is 2. The highest BCUT2D eigenvalue weighted by Gasteiger charge is 2.42. The first-order chi connectivity index (χ1) is 14.2. The van der Waals surface area contributed by atoms with Gasteiger partial charge in [0.15, 0.2) is 5.60 Å². The van der Waals surface area contributed by atoms with Crippen LogP contribution in [0.4, 0.5) is 11.4 Å². The van der Waals surface area contributed by atoms with Crippen molar-refractivity contribution in [2.75, 3.05) is 16.8 Å². The second-order valence-corrected chi connectivity index (χ2v) is 8.43. The van der Waals surface area contributed by atoms with Crippen molar-refractivity contribution in [3.63, 3.8) is 0 Å². The van der Waals surface area contributed by atoms with Crippen LogP contribution in [-0.4, -0.2) is 35.9 Å². The molecule has 8 heteroatoms. The van der Waals surface area contributed by atoms with Crippen molar-refractivity contribution in [3.05, 3.63) is 53.1 Å². The van der Waals surface area contributed by atoms with Gasteiger partial charge in [0.25, 0.3) is 11.8 Å². The number of halogens is 1. The van der Waals surface area contributed by atoms with Gasteiger partial charge in [0.1, 0.15) is 12.3 Å². The lowest BCUT2D eigenvalue weighted by molar-refractivity contribution is -0.133. The van der Waals surface area contributed by atoms with Crippen LogP contribution in [0, 0.1) is 0 Å². The summed E-state index contributed by atoms with van der Waals surface area (Å²) in [4.78, 5) is 39.5. The van der Waals surface area contributed by atoms with E-state index in [0.29, 0.717) is 27.7 Å². The van der Waals surface area contributed by atoms with E-state index in [0.717, 1.165) is 12.8 Å². The number of ether oxygens (including phenoxy) is 1. The van der Waals surface area contributed by atoms with Crippen molar-refractivity contribution >= 4 is 40.7 Å². The lowest BCUT2D eigenvalue weighted by atomic mass is 10.0. The molecule has 0 spiro atoms. The molecule has 0 radical (unpaired) electrons. The maximum Gasteiger partial charge on any atom is 0.271 e. The average Bonchev–Trinajstić information content (AvgIpc) is 3.49. The summed E-state index contributed by atoms with van der Waals surface area (Å²) in [5, 5.41) is 6.16. The molecule has 2 N–H and O–H groups in total. The van der Waals surface area contributed by atoms with E-state index in [4.69, 9.17) is 16.3 Å². The van der Waals surface area contributed by atoms with E-state index >= 15 is 0 Å². The fourth-order valence-corrected chi connectivity index (χ4v) is 3.46. The second kappa shape index (κ2) is 7.65. The highest BCUT2D eigenvalue weighted by molar-refractivity contribution is 6.30. The molecule has 0 atom stereocenters. The van der Waals surface area contributed by atoms with Crippen LogP contribution in [0.15, 0.2) is 42.5 Å². The number of rotatable bonds is 5. The van der Waals surface area contributed by atoms with Crippen LogP contribution in [-0.2, 0) is 9.59 Å². The Balaban J connectivity index is 1.60. The summed E-state index contributed by atoms with van der Waals surface area (Å²) >= 11 is 5.96. The summed E-state index contributed by atoms with van der Waals surface area (Å²) in [6, 6.07) is 11.9. The number of carbonyl (C=O) groups excluding carboxylic acids is 3. The van der Waals surface area contributed by atoms with Gasteiger partial charge in [-0.1, -0.05) is 17.7 Å². The van der Waals surface area contributed by atoms with Crippen molar-refractivity contribution in [1.82, 2.24) is 5.32 Å². The van der Waals surface area contributed by atoms with Crippen LogP contribution in [0.3, 0.4) is 0 Å². The number of anilines is 2. The molecule has 0 unspecified atom stereocenters. The minimum Gasteiger partial charge on any atom is -0.476 e. The third-order valence-corrected chi connectivity index (χ3v) is 5.19. The van der Waals surface area contributed by atoms with Gasteiger partial charge >= 0.3 is 0 Å². The zero-order valence-corrected chi connectivity index (χ0v) is 17.5. The Labute approximate surface area is 179 Å². The number of hydrogen-bond acceptors (Lipinski definition) is 4. The zero-order chi connectivity index (χ0) is 21.5. The van der Waals surface area contributed by atoms with Crippen LogP contribution in [0.2, 0.25) is 5.02 Å². The van der Waals surface area contributed by atoms with E-state index in [-0.39, 0.29) is 30.3 Å². The predicted molar refractivity (Wildman–Crippen MR) is 114 cm³/mol. The molecule has 1 aliphatic carbocycles. The summed E-state index contributed by atoms with van der Waals surface area (Å²) < 4.78 is 5.83. The highest BCUT2D eigenvalue weighted by atomic mass is 35.5. The first-order valence-corrected chi connectivity index (χ1v) is 10.1. The average molecular weight is 428 g/mol. The molecule has 0 aromatic heterocycles. The van der Waals surface area contributed by atoms with E-state index in [2.05, 4.69) is 10.6 Å². The zero-order valence-electron chi connectivity index (χ0n) is 16.7. The Morgan fingerprint density at radius 3 is 2.67 bits per heavy atom. The molecule has 30 heavy (non-hydrogen) atoms. The second-order valence-electron chi connectivity index (χ2n) is 7.99. The van der Waals surface area contributed by atoms with Crippen molar-refractivity contribution in [3.8, 4) is 5.75 Å². The van der Waals surface area contributed by atoms with Crippen LogP contribution in [0.5, 0.6) is 5.75 Å². The third-order valence-electron chi connectivity index (χ3n) is 4.96. The monoisotopic (exact) mass is 427 g/mol. The fraction of sp³-hybridized carbons (Fsp3) is 0.318. The largest absolute Gasteiger partial charge is 0.476 e. The van der Waals surface area contributed by atoms with Crippen molar-refractivity contribution in [2.24, 2.45) is 0 Å². The van der Waals surface area contributed by atoms with E-state index in [9.17, 15) is 14.4 Å². The number of hydrogen-bond donors (Lipinski definition) is 2. The topological polar surface area (TPSA) is 87.7 Å². The van der Waals surface area contributed by atoms with Gasteiger partial charge in [-0.15, -0.1) is 0 Å². The lowest BCUT2D eigenvalue weighted by Crippen LogP contribution is -2.54. The standard InChI is InChI=1S/C22H22ClN3O4/c1-22(2)21(29)26(12-19(27)24-16-5-3-4-14(23)11-16)17-10-13(6-9-18(17)30-22)20(28)25-15-7-8-15/h3-6,9-11,15H,7-8,12H2,1-2H3,(H,24,27)(H,25,28). The Morgan fingerprint density at radius 1 is 1.20 bits per heavy atom. The Hall–Kier alpha value is -3.06.